The third-order valence-corrected chi connectivity index (χ3v) is 2.38. The number of nitrogens with two attached hydrogens (primary N) is 1. The van der Waals surface area contributed by atoms with Crippen molar-refractivity contribution in [3.05, 3.63) is 29.8 Å². The van der Waals surface area contributed by atoms with Crippen molar-refractivity contribution in [1.29, 1.82) is 0 Å². The summed E-state index contributed by atoms with van der Waals surface area (Å²) in [6.07, 6.45) is 1.27. The van der Waals surface area contributed by atoms with Gasteiger partial charge in [-0.05, 0) is 37.6 Å². The predicted molar refractivity (Wildman–Crippen MR) is 63.9 cm³/mol. The first-order valence-corrected chi connectivity index (χ1v) is 5.30. The van der Waals surface area contributed by atoms with Crippen molar-refractivity contribution in [3.63, 3.8) is 0 Å². The Bertz CT molecular complexity index is 289. The van der Waals surface area contributed by atoms with Gasteiger partial charge in [0.2, 0.25) is 0 Å². The molecule has 0 saturated heterocycles. The Morgan fingerprint density at radius 3 is 2.93 bits per heavy atom. The van der Waals surface area contributed by atoms with Crippen molar-refractivity contribution in [1.82, 2.24) is 5.32 Å². The molecule has 15 heavy (non-hydrogen) atoms. The number of hydrogen-bond donors (Lipinski definition) is 2. The summed E-state index contributed by atoms with van der Waals surface area (Å²) in [6, 6.07) is 8.01. The van der Waals surface area contributed by atoms with E-state index < -0.39 is 0 Å². The van der Waals surface area contributed by atoms with Crippen LogP contribution >= 0.6 is 0 Å². The summed E-state index contributed by atoms with van der Waals surface area (Å²) in [5.74, 6) is 0. The zero-order chi connectivity index (χ0) is 11.1. The molecule has 0 aliphatic rings. The first-order valence-electron chi connectivity index (χ1n) is 5.30. The zero-order valence-corrected chi connectivity index (χ0v) is 9.49. The van der Waals surface area contributed by atoms with Crippen molar-refractivity contribution in [2.45, 2.75) is 19.4 Å². The molecule has 0 radical (unpaired) electrons. The Hall–Kier alpha value is -1.06. The van der Waals surface area contributed by atoms with Crippen LogP contribution in [0.25, 0.3) is 0 Å². The fourth-order valence-electron chi connectivity index (χ4n) is 1.37. The second-order valence-corrected chi connectivity index (χ2v) is 3.75. The average molecular weight is 208 g/mol. The summed E-state index contributed by atoms with van der Waals surface area (Å²) in [6.45, 7) is 3.89. The molecular formula is C12H20N2O. The fraction of sp³-hybridized carbons (Fsp3) is 0.500. The molecule has 1 atom stereocenters. The van der Waals surface area contributed by atoms with Crippen molar-refractivity contribution in [3.8, 4) is 0 Å². The molecule has 0 heterocycles. The van der Waals surface area contributed by atoms with E-state index in [4.69, 9.17) is 10.5 Å². The van der Waals surface area contributed by atoms with Crippen LogP contribution in [0.15, 0.2) is 24.3 Å². The molecular weight excluding hydrogens is 188 g/mol. The molecule has 84 valence electrons. The van der Waals surface area contributed by atoms with Crippen LogP contribution in [0, 0.1) is 0 Å². The van der Waals surface area contributed by atoms with Gasteiger partial charge in [0, 0.05) is 19.3 Å². The van der Waals surface area contributed by atoms with Crippen LogP contribution < -0.4 is 11.1 Å². The molecule has 1 unspecified atom stereocenters. The van der Waals surface area contributed by atoms with E-state index in [1.54, 1.807) is 7.11 Å². The molecule has 1 aromatic rings. The van der Waals surface area contributed by atoms with Crippen LogP contribution in [0.1, 0.15) is 12.5 Å². The maximum absolute atomic E-state index is 5.69. The summed E-state index contributed by atoms with van der Waals surface area (Å²) in [7, 11) is 1.73. The van der Waals surface area contributed by atoms with Crippen molar-refractivity contribution in [2.75, 3.05) is 25.9 Å². The minimum atomic E-state index is 0.269. The van der Waals surface area contributed by atoms with E-state index in [0.29, 0.717) is 0 Å². The zero-order valence-electron chi connectivity index (χ0n) is 9.49. The Kier molecular flexibility index (Phi) is 5.15. The maximum Gasteiger partial charge on any atom is 0.0667 e. The van der Waals surface area contributed by atoms with Crippen molar-refractivity contribution >= 4 is 5.69 Å². The highest BCUT2D eigenvalue weighted by Crippen LogP contribution is 2.06. The maximum atomic E-state index is 5.69. The number of hydrogen-bond acceptors (Lipinski definition) is 3. The molecule has 3 N–H and O–H groups in total. The smallest absolute Gasteiger partial charge is 0.0667 e. The molecule has 1 aromatic carbocycles. The quantitative estimate of drug-likeness (QED) is 0.549. The summed E-state index contributed by atoms with van der Waals surface area (Å²) in [5, 5.41) is 3.34. The normalized spacial score (nSPS) is 12.7. The first-order chi connectivity index (χ1) is 7.22. The topological polar surface area (TPSA) is 47.3 Å². The molecule has 1 rings (SSSR count). The van der Waals surface area contributed by atoms with Crippen LogP contribution in [0.4, 0.5) is 5.69 Å². The van der Waals surface area contributed by atoms with Crippen LogP contribution in [0.3, 0.4) is 0 Å². The highest BCUT2D eigenvalue weighted by molar-refractivity contribution is 5.40. The third kappa shape index (κ3) is 4.81. The van der Waals surface area contributed by atoms with Gasteiger partial charge >= 0.3 is 0 Å². The molecule has 3 heteroatoms. The van der Waals surface area contributed by atoms with E-state index in [2.05, 4.69) is 11.4 Å². The van der Waals surface area contributed by atoms with Gasteiger partial charge in [0.1, 0.15) is 0 Å². The van der Waals surface area contributed by atoms with Gasteiger partial charge in [0.25, 0.3) is 0 Å². The lowest BCUT2D eigenvalue weighted by atomic mass is 10.1. The van der Waals surface area contributed by atoms with E-state index >= 15 is 0 Å². The number of methoxy groups -OCH3 is 1. The lowest BCUT2D eigenvalue weighted by Crippen LogP contribution is -2.27. The van der Waals surface area contributed by atoms with Crippen LogP contribution in [-0.4, -0.2) is 26.3 Å². The highest BCUT2D eigenvalue weighted by atomic mass is 16.5. The molecule has 0 aliphatic carbocycles. The van der Waals surface area contributed by atoms with Gasteiger partial charge < -0.3 is 15.8 Å². The van der Waals surface area contributed by atoms with E-state index in [9.17, 15) is 0 Å². The molecule has 0 fully saturated rings. The number of benzene rings is 1. The average Bonchev–Trinajstić information content (AvgIpc) is 2.24. The van der Waals surface area contributed by atoms with Gasteiger partial charge in [0.15, 0.2) is 0 Å². The number of anilines is 1. The Morgan fingerprint density at radius 2 is 2.27 bits per heavy atom. The summed E-state index contributed by atoms with van der Waals surface area (Å²) in [5.41, 5.74) is 7.79. The van der Waals surface area contributed by atoms with Crippen molar-refractivity contribution in [2.24, 2.45) is 0 Å². The monoisotopic (exact) mass is 208 g/mol. The summed E-state index contributed by atoms with van der Waals surface area (Å²) >= 11 is 0. The Labute approximate surface area is 91.6 Å². The molecule has 0 bridgehead atoms. The number of nitrogen functional groups attached to an aromatic ring is 1. The number of rotatable bonds is 6. The van der Waals surface area contributed by atoms with Gasteiger partial charge in [0.05, 0.1) is 6.10 Å². The minimum absolute atomic E-state index is 0.269. The first kappa shape index (κ1) is 12.0. The van der Waals surface area contributed by atoms with Crippen LogP contribution in [0.5, 0.6) is 0 Å². The molecule has 0 aromatic heterocycles. The largest absolute Gasteiger partial charge is 0.399 e. The van der Waals surface area contributed by atoms with E-state index in [1.165, 1.54) is 5.56 Å². The van der Waals surface area contributed by atoms with Gasteiger partial charge in [-0.15, -0.1) is 0 Å². The molecule has 0 aliphatic heterocycles. The SMILES string of the molecule is COC(C)CNCCc1cccc(N)c1. The Balaban J connectivity index is 2.20. The summed E-state index contributed by atoms with van der Waals surface area (Å²) < 4.78 is 5.14. The lowest BCUT2D eigenvalue weighted by Gasteiger charge is -2.10. The molecule has 0 amide bonds. The van der Waals surface area contributed by atoms with E-state index in [-0.39, 0.29) is 6.10 Å². The van der Waals surface area contributed by atoms with E-state index in [1.807, 2.05) is 25.1 Å². The standard InChI is InChI=1S/C12H20N2O/c1-10(15-2)9-14-7-6-11-4-3-5-12(13)8-11/h3-5,8,10,14H,6-7,9,13H2,1-2H3. The molecule has 0 spiro atoms. The number of nitrogens with one attached hydrogen (secondary N) is 1. The number of ether oxygens (including phenoxy) is 1. The van der Waals surface area contributed by atoms with Gasteiger partial charge in [-0.2, -0.15) is 0 Å². The van der Waals surface area contributed by atoms with Crippen LogP contribution in [0.2, 0.25) is 0 Å². The third-order valence-electron chi connectivity index (χ3n) is 2.38. The van der Waals surface area contributed by atoms with Gasteiger partial charge in [-0.25, -0.2) is 0 Å². The highest BCUT2D eigenvalue weighted by Gasteiger charge is 1.98. The summed E-state index contributed by atoms with van der Waals surface area (Å²) in [4.78, 5) is 0. The van der Waals surface area contributed by atoms with Crippen molar-refractivity contribution < 1.29 is 4.74 Å². The molecule has 0 saturated carbocycles. The van der Waals surface area contributed by atoms with Gasteiger partial charge in [-0.3, -0.25) is 0 Å². The predicted octanol–water partition coefficient (Wildman–Crippen LogP) is 1.44. The lowest BCUT2D eigenvalue weighted by molar-refractivity contribution is 0.117. The van der Waals surface area contributed by atoms with E-state index in [0.717, 1.165) is 25.2 Å². The van der Waals surface area contributed by atoms with Gasteiger partial charge in [-0.1, -0.05) is 12.1 Å². The van der Waals surface area contributed by atoms with Crippen LogP contribution in [-0.2, 0) is 11.2 Å². The Morgan fingerprint density at radius 1 is 1.47 bits per heavy atom. The second-order valence-electron chi connectivity index (χ2n) is 3.75. The molecule has 3 nitrogen and oxygen atoms in total. The second kappa shape index (κ2) is 6.43. The fourth-order valence-corrected chi connectivity index (χ4v) is 1.37. The minimum Gasteiger partial charge on any atom is -0.399 e.